The Kier molecular flexibility index (Phi) is 9.78. The highest BCUT2D eigenvalue weighted by atomic mass is 16.2. The van der Waals surface area contributed by atoms with Crippen molar-refractivity contribution in [2.24, 2.45) is 40.2 Å². The summed E-state index contributed by atoms with van der Waals surface area (Å²) >= 11 is 0. The fraction of sp³-hybridized carbons (Fsp3) is 0.868. The smallest absolute Gasteiger partial charge is 0.244 e. The molecule has 2 amide bonds. The Labute approximate surface area is 281 Å². The molecular formula is C38H69N6O2+. The Morgan fingerprint density at radius 1 is 0.804 bits per heavy atom. The molecule has 4 rings (SSSR count). The molecule has 0 spiro atoms. The molecule has 1 aromatic rings. The Bertz CT molecular complexity index is 1270. The highest BCUT2D eigenvalue weighted by Gasteiger charge is 2.70. The van der Waals surface area contributed by atoms with Gasteiger partial charge in [0.15, 0.2) is 0 Å². The van der Waals surface area contributed by atoms with Crippen LogP contribution in [-0.2, 0) is 22.2 Å². The Hall–Kier alpha value is -1.93. The molecule has 8 nitrogen and oxygen atoms in total. The largest absolute Gasteiger partial charge is 0.339 e. The van der Waals surface area contributed by atoms with E-state index >= 15 is 0 Å². The van der Waals surface area contributed by atoms with Crippen molar-refractivity contribution in [1.82, 2.24) is 14.4 Å². The summed E-state index contributed by atoms with van der Waals surface area (Å²) < 4.78 is 4.43. The second kappa shape index (κ2) is 12.2. The third kappa shape index (κ3) is 6.81. The molecule has 262 valence electrons. The number of hydrogen-bond acceptors (Lipinski definition) is 4. The first-order valence-electron chi connectivity index (χ1n) is 18.1. The van der Waals surface area contributed by atoms with E-state index in [4.69, 9.17) is 11.5 Å². The number of carbonyl (C=O) groups excluding carboxylic acids is 2. The molecule has 1 aromatic heterocycles. The number of aryl methyl sites for hydroxylation is 1. The van der Waals surface area contributed by atoms with Crippen molar-refractivity contribution in [2.45, 2.75) is 169 Å². The number of carbonyl (C=O) groups is 2. The van der Waals surface area contributed by atoms with E-state index in [9.17, 15) is 9.59 Å². The molecule has 2 saturated heterocycles. The second-order valence-corrected chi connectivity index (χ2v) is 19.0. The molecular weight excluding hydrogens is 572 g/mol. The molecule has 0 radical (unpaired) electrons. The molecule has 3 fully saturated rings. The molecule has 3 aliphatic rings. The zero-order chi connectivity index (χ0) is 34.7. The minimum Gasteiger partial charge on any atom is -0.339 e. The highest BCUT2D eigenvalue weighted by Crippen LogP contribution is 2.62. The van der Waals surface area contributed by atoms with Crippen LogP contribution in [-0.4, -0.2) is 62.4 Å². The van der Waals surface area contributed by atoms with Gasteiger partial charge in [-0.2, -0.15) is 0 Å². The molecule has 1 saturated carbocycles. The Morgan fingerprint density at radius 2 is 1.30 bits per heavy atom. The van der Waals surface area contributed by atoms with Gasteiger partial charge in [-0.05, 0) is 81.0 Å². The van der Waals surface area contributed by atoms with Crippen LogP contribution in [0.5, 0.6) is 0 Å². The van der Waals surface area contributed by atoms with Gasteiger partial charge in [-0.1, -0.05) is 61.8 Å². The first-order chi connectivity index (χ1) is 20.9. The summed E-state index contributed by atoms with van der Waals surface area (Å²) in [5, 5.41) is 0. The number of hydrogen-bond donors (Lipinski definition) is 2. The minimum atomic E-state index is -0.418. The summed E-state index contributed by atoms with van der Waals surface area (Å²) in [4.78, 5) is 31.6. The summed E-state index contributed by atoms with van der Waals surface area (Å²) in [6.45, 7) is 27.0. The van der Waals surface area contributed by atoms with E-state index in [2.05, 4.69) is 121 Å². The number of nitrogens with two attached hydrogens (primary N) is 2. The molecule has 2 aliphatic heterocycles. The normalized spacial score (nSPS) is 26.8. The molecule has 4 atom stereocenters. The number of amides is 2. The maximum absolute atomic E-state index is 13.6. The van der Waals surface area contributed by atoms with E-state index in [1.165, 1.54) is 0 Å². The fourth-order valence-electron chi connectivity index (χ4n) is 8.96. The van der Waals surface area contributed by atoms with Gasteiger partial charge in [0.25, 0.3) is 0 Å². The van der Waals surface area contributed by atoms with Crippen LogP contribution in [0, 0.1) is 21.7 Å². The van der Waals surface area contributed by atoms with Crippen molar-refractivity contribution in [1.29, 1.82) is 0 Å². The third-order valence-electron chi connectivity index (χ3n) is 13.6. The Morgan fingerprint density at radius 3 is 1.78 bits per heavy atom. The monoisotopic (exact) mass is 642 g/mol. The maximum atomic E-state index is 13.6. The first kappa shape index (κ1) is 36.9. The van der Waals surface area contributed by atoms with Crippen molar-refractivity contribution < 1.29 is 14.2 Å². The van der Waals surface area contributed by atoms with Crippen LogP contribution in [0.2, 0.25) is 0 Å². The maximum Gasteiger partial charge on any atom is 0.244 e. The van der Waals surface area contributed by atoms with Crippen LogP contribution >= 0.6 is 0 Å². The summed E-state index contributed by atoms with van der Waals surface area (Å²) in [6.07, 6.45) is 15.1. The quantitative estimate of drug-likeness (QED) is 0.262. The van der Waals surface area contributed by atoms with Crippen LogP contribution in [0.15, 0.2) is 18.7 Å². The van der Waals surface area contributed by atoms with Crippen LogP contribution in [0.4, 0.5) is 0 Å². The first-order valence-corrected chi connectivity index (χ1v) is 18.1. The molecule has 4 N–H and O–H groups in total. The van der Waals surface area contributed by atoms with Crippen molar-refractivity contribution in [2.75, 3.05) is 13.1 Å². The predicted octanol–water partition coefficient (Wildman–Crippen LogP) is 5.90. The summed E-state index contributed by atoms with van der Waals surface area (Å²) in [5.74, 6) is 0.536. The van der Waals surface area contributed by atoms with Crippen LogP contribution in [0.3, 0.4) is 0 Å². The summed E-state index contributed by atoms with van der Waals surface area (Å²) in [7, 11) is 2.06. The van der Waals surface area contributed by atoms with E-state index in [0.29, 0.717) is 12.8 Å². The van der Waals surface area contributed by atoms with Crippen molar-refractivity contribution >= 4 is 11.8 Å². The van der Waals surface area contributed by atoms with E-state index < -0.39 is 5.54 Å². The van der Waals surface area contributed by atoms with E-state index in [0.717, 1.165) is 64.5 Å². The van der Waals surface area contributed by atoms with Crippen molar-refractivity contribution in [3.63, 3.8) is 0 Å². The van der Waals surface area contributed by atoms with Crippen LogP contribution < -0.4 is 16.0 Å². The molecule has 3 heterocycles. The highest BCUT2D eigenvalue weighted by molar-refractivity contribution is 5.78. The van der Waals surface area contributed by atoms with Gasteiger partial charge < -0.3 is 21.3 Å². The summed E-state index contributed by atoms with van der Waals surface area (Å²) in [5.41, 5.74) is 11.9. The number of aromatic nitrogens is 2. The number of imidazole rings is 1. The lowest BCUT2D eigenvalue weighted by atomic mass is 9.54. The zero-order valence-corrected chi connectivity index (χ0v) is 31.6. The van der Waals surface area contributed by atoms with Gasteiger partial charge in [0.1, 0.15) is 17.9 Å². The van der Waals surface area contributed by atoms with Gasteiger partial charge in [0.2, 0.25) is 18.1 Å². The lowest BCUT2D eigenvalue weighted by Crippen LogP contribution is -2.60. The zero-order valence-electron chi connectivity index (χ0n) is 31.6. The van der Waals surface area contributed by atoms with Gasteiger partial charge in [0, 0.05) is 50.0 Å². The van der Waals surface area contributed by atoms with Gasteiger partial charge >= 0.3 is 0 Å². The molecule has 0 aromatic carbocycles. The van der Waals surface area contributed by atoms with Gasteiger partial charge in [-0.25, -0.2) is 9.13 Å². The average Bonchev–Trinajstić information content (AvgIpc) is 3.16. The van der Waals surface area contributed by atoms with Crippen LogP contribution in [0.1, 0.15) is 140 Å². The lowest BCUT2D eigenvalue weighted by molar-refractivity contribution is -0.671. The lowest BCUT2D eigenvalue weighted by Gasteiger charge is -2.57. The van der Waals surface area contributed by atoms with E-state index in [1.54, 1.807) is 0 Å². The minimum absolute atomic E-state index is 0.00122. The summed E-state index contributed by atoms with van der Waals surface area (Å²) in [6, 6.07) is 0.0278. The third-order valence-corrected chi connectivity index (χ3v) is 13.6. The number of likely N-dealkylation sites (tertiary alicyclic amines) is 2. The van der Waals surface area contributed by atoms with Crippen molar-refractivity contribution in [3.05, 3.63) is 18.7 Å². The van der Waals surface area contributed by atoms with Crippen LogP contribution in [0.25, 0.3) is 0 Å². The number of nitrogens with zero attached hydrogens (tertiary/aromatic N) is 4. The second-order valence-electron chi connectivity index (χ2n) is 19.0. The molecule has 46 heavy (non-hydrogen) atoms. The van der Waals surface area contributed by atoms with Gasteiger partial charge in [-0.15, -0.1) is 0 Å². The molecule has 8 heteroatoms. The molecule has 1 aliphatic carbocycles. The van der Waals surface area contributed by atoms with Gasteiger partial charge in [0.05, 0.1) is 12.6 Å². The molecule has 4 unspecified atom stereocenters. The van der Waals surface area contributed by atoms with E-state index in [1.807, 2.05) is 0 Å². The number of rotatable bonds is 13. The SMILES string of the molecule is C[n+]1ccn(C2(CC(C)(C)C(C)(C)C(CC(C)(C)C(C)(C)C(CC(C)(C)N)N3CCCCCC3=O)N3CCCC3=O)CC2(C)N)c1. The molecule has 0 bridgehead atoms. The fourth-order valence-corrected chi connectivity index (χ4v) is 8.96. The predicted molar refractivity (Wildman–Crippen MR) is 187 cm³/mol. The topological polar surface area (TPSA) is 101 Å². The van der Waals surface area contributed by atoms with Crippen molar-refractivity contribution in [3.8, 4) is 0 Å². The standard InChI is InChI=1S/C38H69N6O2/c1-32(2,35(7,8)29(24-34(5,6)39)43-19-15-13-14-17-30(43)45)23-28(44-20-16-18-31(44)46)36(9,10)33(3,4)25-38(26-37(38,11)40)42-22-21-41(12)27-42/h21-22,27-29H,13-20,23-26,39-40H2,1-12H3/q+1. The van der Waals surface area contributed by atoms with Gasteiger partial charge in [-0.3, -0.25) is 9.59 Å². The van der Waals surface area contributed by atoms with E-state index in [-0.39, 0.29) is 56.6 Å². The Balaban J connectivity index is 1.73. The average molecular weight is 642 g/mol.